The van der Waals surface area contributed by atoms with Gasteiger partial charge in [0, 0.05) is 22.2 Å². The molecule has 0 aliphatic rings. The van der Waals surface area contributed by atoms with Crippen LogP contribution in [0.25, 0.3) is 10.9 Å². The minimum atomic E-state index is -0.420. The number of amides is 1. The van der Waals surface area contributed by atoms with Gasteiger partial charge < -0.3 is 9.88 Å². The van der Waals surface area contributed by atoms with Crippen molar-refractivity contribution in [3.05, 3.63) is 81.1 Å². The summed E-state index contributed by atoms with van der Waals surface area (Å²) in [5.41, 5.74) is 3.66. The topological polar surface area (TPSA) is 53.2 Å². The number of hydrogen-bond acceptors (Lipinski definition) is 2. The monoisotopic (exact) mass is 362 g/mol. The van der Waals surface area contributed by atoms with E-state index in [0.29, 0.717) is 11.1 Å². The molecule has 1 heterocycles. The van der Waals surface area contributed by atoms with Gasteiger partial charge in [0.2, 0.25) is 0 Å². The molecule has 0 unspecified atom stereocenters. The van der Waals surface area contributed by atoms with Crippen LogP contribution >= 0.6 is 0 Å². The van der Waals surface area contributed by atoms with Gasteiger partial charge in [0.05, 0.1) is 6.54 Å². The summed E-state index contributed by atoms with van der Waals surface area (Å²) in [6, 6.07) is 15.4. The SMILES string of the molecule is Cc1ccc(C(=O)N(Cc2cc3ccc(C)cc3[nH]c2=O)C(C)(C)C)cc1. The van der Waals surface area contributed by atoms with Gasteiger partial charge in [-0.25, -0.2) is 0 Å². The van der Waals surface area contributed by atoms with Gasteiger partial charge in [0.1, 0.15) is 0 Å². The van der Waals surface area contributed by atoms with Crippen LogP contribution in [0.1, 0.15) is 47.8 Å². The minimum Gasteiger partial charge on any atom is -0.329 e. The highest BCUT2D eigenvalue weighted by Crippen LogP contribution is 2.21. The first-order chi connectivity index (χ1) is 12.6. The summed E-state index contributed by atoms with van der Waals surface area (Å²) in [5.74, 6) is -0.0779. The third-order valence-electron chi connectivity index (χ3n) is 4.76. The summed E-state index contributed by atoms with van der Waals surface area (Å²) in [7, 11) is 0. The van der Waals surface area contributed by atoms with E-state index < -0.39 is 5.54 Å². The molecule has 0 fully saturated rings. The Balaban J connectivity index is 2.00. The summed E-state index contributed by atoms with van der Waals surface area (Å²) in [4.78, 5) is 30.5. The second kappa shape index (κ2) is 7.03. The van der Waals surface area contributed by atoms with Crippen LogP contribution < -0.4 is 5.56 Å². The number of pyridine rings is 1. The first-order valence-electron chi connectivity index (χ1n) is 9.16. The van der Waals surface area contributed by atoms with Crippen LogP contribution in [0.3, 0.4) is 0 Å². The smallest absolute Gasteiger partial charge is 0.254 e. The Hall–Kier alpha value is -2.88. The van der Waals surface area contributed by atoms with Gasteiger partial charge in [0.25, 0.3) is 11.5 Å². The van der Waals surface area contributed by atoms with E-state index in [1.54, 1.807) is 4.90 Å². The Kier molecular flexibility index (Phi) is 4.92. The maximum absolute atomic E-state index is 13.1. The fourth-order valence-corrected chi connectivity index (χ4v) is 3.11. The fraction of sp³-hybridized carbons (Fsp3) is 0.304. The van der Waals surface area contributed by atoms with Crippen molar-refractivity contribution in [1.82, 2.24) is 9.88 Å². The highest BCUT2D eigenvalue weighted by molar-refractivity contribution is 5.94. The van der Waals surface area contributed by atoms with Crippen LogP contribution in [0.5, 0.6) is 0 Å². The van der Waals surface area contributed by atoms with E-state index in [-0.39, 0.29) is 18.0 Å². The lowest BCUT2D eigenvalue weighted by Gasteiger charge is -2.36. The number of fused-ring (bicyclic) bond motifs is 1. The van der Waals surface area contributed by atoms with E-state index in [9.17, 15) is 9.59 Å². The average Bonchev–Trinajstić information content (AvgIpc) is 2.59. The standard InChI is InChI=1S/C23H26N2O2/c1-15-6-9-17(10-7-15)22(27)25(23(3,4)5)14-19-13-18-11-8-16(2)12-20(18)24-21(19)26/h6-13H,14H2,1-5H3,(H,24,26). The van der Waals surface area contributed by atoms with E-state index in [2.05, 4.69) is 4.98 Å². The summed E-state index contributed by atoms with van der Waals surface area (Å²) < 4.78 is 0. The zero-order valence-corrected chi connectivity index (χ0v) is 16.6. The van der Waals surface area contributed by atoms with Crippen LogP contribution in [0.2, 0.25) is 0 Å². The van der Waals surface area contributed by atoms with Gasteiger partial charge in [-0.1, -0.05) is 29.8 Å². The van der Waals surface area contributed by atoms with E-state index in [0.717, 1.165) is 22.0 Å². The van der Waals surface area contributed by atoms with Crippen LogP contribution in [-0.2, 0) is 6.54 Å². The molecule has 0 bridgehead atoms. The molecule has 0 saturated heterocycles. The Bertz CT molecular complexity index is 1040. The molecule has 0 atom stereocenters. The molecule has 2 aromatic carbocycles. The Morgan fingerprint density at radius 1 is 0.963 bits per heavy atom. The summed E-state index contributed by atoms with van der Waals surface area (Å²) in [6.45, 7) is 10.2. The van der Waals surface area contributed by atoms with Crippen molar-refractivity contribution in [2.45, 2.75) is 46.7 Å². The van der Waals surface area contributed by atoms with E-state index >= 15 is 0 Å². The van der Waals surface area contributed by atoms with Crippen molar-refractivity contribution in [3.63, 3.8) is 0 Å². The number of aryl methyl sites for hydroxylation is 2. The number of H-pyrrole nitrogens is 1. The fourth-order valence-electron chi connectivity index (χ4n) is 3.11. The molecule has 0 aliphatic carbocycles. The van der Waals surface area contributed by atoms with Gasteiger partial charge in [-0.15, -0.1) is 0 Å². The molecule has 140 valence electrons. The van der Waals surface area contributed by atoms with Crippen molar-refractivity contribution in [2.24, 2.45) is 0 Å². The lowest BCUT2D eigenvalue weighted by Crippen LogP contribution is -2.46. The predicted octanol–water partition coefficient (Wildman–Crippen LogP) is 4.59. The zero-order valence-electron chi connectivity index (χ0n) is 16.6. The second-order valence-corrected chi connectivity index (χ2v) is 8.14. The van der Waals surface area contributed by atoms with Crippen molar-refractivity contribution >= 4 is 16.8 Å². The predicted molar refractivity (Wildman–Crippen MR) is 110 cm³/mol. The van der Waals surface area contributed by atoms with E-state index in [4.69, 9.17) is 0 Å². The molecule has 0 aliphatic heterocycles. The van der Waals surface area contributed by atoms with Gasteiger partial charge >= 0.3 is 0 Å². The molecule has 1 aromatic heterocycles. The number of hydrogen-bond donors (Lipinski definition) is 1. The molecule has 4 heteroatoms. The van der Waals surface area contributed by atoms with Crippen LogP contribution in [0.4, 0.5) is 0 Å². The van der Waals surface area contributed by atoms with Crippen LogP contribution in [-0.4, -0.2) is 21.3 Å². The lowest BCUT2D eigenvalue weighted by molar-refractivity contribution is 0.0558. The van der Waals surface area contributed by atoms with Crippen molar-refractivity contribution < 1.29 is 4.79 Å². The molecule has 4 nitrogen and oxygen atoms in total. The molecular formula is C23H26N2O2. The normalized spacial score (nSPS) is 11.6. The van der Waals surface area contributed by atoms with Gasteiger partial charge in [0.15, 0.2) is 0 Å². The van der Waals surface area contributed by atoms with Gasteiger partial charge in [-0.05, 0) is 69.8 Å². The molecule has 0 radical (unpaired) electrons. The van der Waals surface area contributed by atoms with Crippen LogP contribution in [0, 0.1) is 13.8 Å². The minimum absolute atomic E-state index is 0.0779. The first-order valence-corrected chi connectivity index (χ1v) is 9.16. The zero-order chi connectivity index (χ0) is 19.8. The van der Waals surface area contributed by atoms with E-state index in [1.165, 1.54) is 0 Å². The largest absolute Gasteiger partial charge is 0.329 e. The van der Waals surface area contributed by atoms with E-state index in [1.807, 2.05) is 83.1 Å². The molecule has 3 aromatic rings. The van der Waals surface area contributed by atoms with Gasteiger partial charge in [-0.2, -0.15) is 0 Å². The summed E-state index contributed by atoms with van der Waals surface area (Å²) in [6.07, 6.45) is 0. The molecule has 1 N–H and O–H groups in total. The molecule has 1 amide bonds. The lowest BCUT2D eigenvalue weighted by atomic mass is 10.0. The molecule has 3 rings (SSSR count). The molecule has 0 spiro atoms. The maximum atomic E-state index is 13.1. The molecular weight excluding hydrogens is 336 g/mol. The molecule has 27 heavy (non-hydrogen) atoms. The number of benzene rings is 2. The number of nitrogens with zero attached hydrogens (tertiary/aromatic N) is 1. The van der Waals surface area contributed by atoms with Crippen LogP contribution in [0.15, 0.2) is 53.3 Å². The second-order valence-electron chi connectivity index (χ2n) is 8.14. The number of aromatic nitrogens is 1. The third-order valence-corrected chi connectivity index (χ3v) is 4.76. The highest BCUT2D eigenvalue weighted by Gasteiger charge is 2.28. The first kappa shape index (κ1) is 18.9. The number of carbonyl (C=O) groups is 1. The number of aromatic amines is 1. The van der Waals surface area contributed by atoms with Crippen molar-refractivity contribution in [2.75, 3.05) is 0 Å². The number of rotatable bonds is 3. The van der Waals surface area contributed by atoms with Crippen molar-refractivity contribution in [1.29, 1.82) is 0 Å². The van der Waals surface area contributed by atoms with Crippen molar-refractivity contribution in [3.8, 4) is 0 Å². The number of nitrogens with one attached hydrogen (secondary N) is 1. The number of carbonyl (C=O) groups excluding carboxylic acids is 1. The summed E-state index contributed by atoms with van der Waals surface area (Å²) in [5, 5.41) is 0.965. The Labute approximate surface area is 159 Å². The highest BCUT2D eigenvalue weighted by atomic mass is 16.2. The summed E-state index contributed by atoms with van der Waals surface area (Å²) >= 11 is 0. The molecule has 0 saturated carbocycles. The Morgan fingerprint density at radius 3 is 2.22 bits per heavy atom. The average molecular weight is 362 g/mol. The Morgan fingerprint density at radius 2 is 1.59 bits per heavy atom. The van der Waals surface area contributed by atoms with Gasteiger partial charge in [-0.3, -0.25) is 9.59 Å². The quantitative estimate of drug-likeness (QED) is 0.741. The maximum Gasteiger partial charge on any atom is 0.254 e. The third kappa shape index (κ3) is 4.11.